The maximum atomic E-state index is 2.44. The van der Waals surface area contributed by atoms with E-state index >= 15 is 0 Å². The van der Waals surface area contributed by atoms with E-state index in [-0.39, 0.29) is 5.41 Å². The first-order valence-electron chi connectivity index (χ1n) is 14.7. The lowest BCUT2D eigenvalue weighted by Gasteiger charge is -2.42. The van der Waals surface area contributed by atoms with E-state index in [9.17, 15) is 0 Å². The number of anilines is 3. The zero-order valence-electron chi connectivity index (χ0n) is 23.9. The van der Waals surface area contributed by atoms with Crippen molar-refractivity contribution in [2.75, 3.05) is 4.90 Å². The zero-order valence-corrected chi connectivity index (χ0v) is 23.9. The van der Waals surface area contributed by atoms with Crippen molar-refractivity contribution in [1.29, 1.82) is 0 Å². The lowest BCUT2D eigenvalue weighted by molar-refractivity contribution is 0.632. The van der Waals surface area contributed by atoms with Gasteiger partial charge < -0.3 is 4.90 Å². The Morgan fingerprint density at radius 1 is 0.429 bits per heavy atom. The minimum absolute atomic E-state index is 0.158. The lowest BCUT2D eigenvalue weighted by atomic mass is 9.72. The van der Waals surface area contributed by atoms with Crippen molar-refractivity contribution >= 4 is 38.6 Å². The maximum Gasteiger partial charge on any atom is 0.0503 e. The van der Waals surface area contributed by atoms with E-state index in [1.54, 1.807) is 0 Å². The third-order valence-electron chi connectivity index (χ3n) is 9.04. The van der Waals surface area contributed by atoms with Gasteiger partial charge in [-0.25, -0.2) is 0 Å². The molecule has 1 heteroatoms. The van der Waals surface area contributed by atoms with Gasteiger partial charge in [-0.05, 0) is 91.3 Å². The van der Waals surface area contributed by atoms with Gasteiger partial charge in [0.2, 0.25) is 0 Å². The smallest absolute Gasteiger partial charge is 0.0503 e. The molecule has 42 heavy (non-hydrogen) atoms. The average molecular weight is 538 g/mol. The quantitative estimate of drug-likeness (QED) is 0.203. The van der Waals surface area contributed by atoms with E-state index in [0.29, 0.717) is 0 Å². The molecule has 0 amide bonds. The molecule has 0 bridgehead atoms. The zero-order chi connectivity index (χ0) is 28.3. The van der Waals surface area contributed by atoms with Gasteiger partial charge in [0.15, 0.2) is 0 Å². The second-order valence-corrected chi connectivity index (χ2v) is 11.8. The van der Waals surface area contributed by atoms with Crippen molar-refractivity contribution in [2.24, 2.45) is 0 Å². The van der Waals surface area contributed by atoms with E-state index in [0.717, 1.165) is 0 Å². The molecule has 0 saturated carbocycles. The van der Waals surface area contributed by atoms with E-state index in [4.69, 9.17) is 0 Å². The van der Waals surface area contributed by atoms with Crippen LogP contribution in [0.25, 0.3) is 43.8 Å². The molecule has 0 unspecified atom stereocenters. The Kier molecular flexibility index (Phi) is 5.55. The molecule has 7 aromatic rings. The first kappa shape index (κ1) is 24.6. The van der Waals surface area contributed by atoms with E-state index in [1.165, 1.54) is 72.0 Å². The molecule has 0 atom stereocenters. The van der Waals surface area contributed by atoms with Crippen LogP contribution in [0.5, 0.6) is 0 Å². The van der Waals surface area contributed by atoms with Crippen LogP contribution in [0.15, 0.2) is 152 Å². The summed E-state index contributed by atoms with van der Waals surface area (Å²) in [6.07, 6.45) is 0. The molecule has 1 aliphatic rings. The van der Waals surface area contributed by atoms with Gasteiger partial charge in [-0.3, -0.25) is 0 Å². The van der Waals surface area contributed by atoms with Crippen LogP contribution in [0.2, 0.25) is 0 Å². The third kappa shape index (κ3) is 3.78. The molecule has 8 rings (SSSR count). The molecule has 1 nitrogen and oxygen atoms in total. The van der Waals surface area contributed by atoms with E-state index < -0.39 is 0 Å². The van der Waals surface area contributed by atoms with Crippen LogP contribution in [0, 0.1) is 0 Å². The second kappa shape index (κ2) is 9.46. The Morgan fingerprint density at radius 3 is 1.83 bits per heavy atom. The summed E-state index contributed by atoms with van der Waals surface area (Å²) in [5.41, 5.74) is 11.2. The van der Waals surface area contributed by atoms with Crippen molar-refractivity contribution in [3.63, 3.8) is 0 Å². The molecule has 0 aliphatic carbocycles. The number of para-hydroxylation sites is 1. The van der Waals surface area contributed by atoms with Crippen LogP contribution in [0.1, 0.15) is 25.0 Å². The van der Waals surface area contributed by atoms with Gasteiger partial charge in [-0.15, -0.1) is 0 Å². The molecule has 0 saturated heterocycles. The molecule has 7 aromatic carbocycles. The predicted octanol–water partition coefficient (Wildman–Crippen LogP) is 11.4. The van der Waals surface area contributed by atoms with Crippen molar-refractivity contribution < 1.29 is 0 Å². The third-order valence-corrected chi connectivity index (χ3v) is 9.04. The van der Waals surface area contributed by atoms with Crippen molar-refractivity contribution in [1.82, 2.24) is 0 Å². The normalized spacial score (nSPS) is 13.6. The molecule has 0 radical (unpaired) electrons. The van der Waals surface area contributed by atoms with Crippen molar-refractivity contribution in [3.05, 3.63) is 163 Å². The topological polar surface area (TPSA) is 3.24 Å². The molecule has 0 aromatic heterocycles. The van der Waals surface area contributed by atoms with Gasteiger partial charge in [0.1, 0.15) is 0 Å². The maximum absolute atomic E-state index is 2.44. The first-order chi connectivity index (χ1) is 20.6. The van der Waals surface area contributed by atoms with Crippen LogP contribution in [0.4, 0.5) is 17.1 Å². The standard InChI is InChI=1S/C41H31N/c1-41(2)37-18-10-11-19-39(37)42(32-23-20-29(21-24-32)28-12-4-3-5-13-28)40-25-22-31(27-38(40)41)36-26-30-14-6-7-15-33(30)34-16-8-9-17-35(34)36/h3-27H,1-2H3. The van der Waals surface area contributed by atoms with Crippen LogP contribution in [-0.2, 0) is 5.41 Å². The fraction of sp³-hybridized carbons (Fsp3) is 0.0732. The monoisotopic (exact) mass is 537 g/mol. The Balaban J connectivity index is 1.32. The highest BCUT2D eigenvalue weighted by atomic mass is 15.2. The Hall–Kier alpha value is -5.14. The van der Waals surface area contributed by atoms with Gasteiger partial charge in [-0.1, -0.05) is 129 Å². The number of nitrogens with zero attached hydrogens (tertiary/aromatic N) is 1. The summed E-state index contributed by atoms with van der Waals surface area (Å²) in [6, 6.07) is 55.4. The minimum Gasteiger partial charge on any atom is -0.310 e. The molecule has 200 valence electrons. The lowest BCUT2D eigenvalue weighted by Crippen LogP contribution is -2.30. The van der Waals surface area contributed by atoms with Crippen LogP contribution >= 0.6 is 0 Å². The van der Waals surface area contributed by atoms with Crippen molar-refractivity contribution in [3.8, 4) is 22.3 Å². The van der Waals surface area contributed by atoms with E-state index in [1.807, 2.05) is 0 Å². The summed E-state index contributed by atoms with van der Waals surface area (Å²) in [5, 5.41) is 5.16. The van der Waals surface area contributed by atoms with Gasteiger partial charge in [0.25, 0.3) is 0 Å². The summed E-state index contributed by atoms with van der Waals surface area (Å²) in [6.45, 7) is 4.73. The number of hydrogen-bond acceptors (Lipinski definition) is 1. The van der Waals surface area contributed by atoms with Gasteiger partial charge in [-0.2, -0.15) is 0 Å². The fourth-order valence-electron chi connectivity index (χ4n) is 6.88. The van der Waals surface area contributed by atoms with Crippen LogP contribution in [-0.4, -0.2) is 0 Å². The molecule has 0 fully saturated rings. The largest absolute Gasteiger partial charge is 0.310 e. The molecule has 1 aliphatic heterocycles. The molecule has 0 spiro atoms. The average Bonchev–Trinajstić information content (AvgIpc) is 3.05. The molecular formula is C41H31N. The fourth-order valence-corrected chi connectivity index (χ4v) is 6.88. The second-order valence-electron chi connectivity index (χ2n) is 11.8. The molecule has 1 heterocycles. The highest BCUT2D eigenvalue weighted by Crippen LogP contribution is 2.53. The van der Waals surface area contributed by atoms with E-state index in [2.05, 4.69) is 170 Å². The van der Waals surface area contributed by atoms with Crippen molar-refractivity contribution in [2.45, 2.75) is 19.3 Å². The highest BCUT2D eigenvalue weighted by molar-refractivity contribution is 6.13. The summed E-state index contributed by atoms with van der Waals surface area (Å²) in [4.78, 5) is 2.44. The predicted molar refractivity (Wildman–Crippen MR) is 179 cm³/mol. The summed E-state index contributed by atoms with van der Waals surface area (Å²) in [5.74, 6) is 0. The van der Waals surface area contributed by atoms with Crippen LogP contribution < -0.4 is 4.90 Å². The summed E-state index contributed by atoms with van der Waals surface area (Å²) < 4.78 is 0. The number of fused-ring (bicyclic) bond motifs is 5. The Bertz CT molecular complexity index is 2100. The first-order valence-corrected chi connectivity index (χ1v) is 14.7. The molecule has 0 N–H and O–H groups in total. The van der Waals surface area contributed by atoms with Gasteiger partial charge in [0.05, 0.1) is 11.4 Å². The van der Waals surface area contributed by atoms with Crippen LogP contribution in [0.3, 0.4) is 0 Å². The molecular weight excluding hydrogens is 506 g/mol. The Labute approximate surface area is 247 Å². The summed E-state index contributed by atoms with van der Waals surface area (Å²) in [7, 11) is 0. The number of rotatable bonds is 3. The van der Waals surface area contributed by atoms with Gasteiger partial charge >= 0.3 is 0 Å². The Morgan fingerprint density at radius 2 is 1.02 bits per heavy atom. The summed E-state index contributed by atoms with van der Waals surface area (Å²) >= 11 is 0. The minimum atomic E-state index is -0.158. The number of hydrogen-bond donors (Lipinski definition) is 0. The SMILES string of the molecule is CC1(C)c2ccccc2N(c2ccc(-c3ccccc3)cc2)c2ccc(-c3cc4ccccc4c4ccccc34)cc21. The van der Waals surface area contributed by atoms with Gasteiger partial charge in [0, 0.05) is 11.1 Å². The highest BCUT2D eigenvalue weighted by Gasteiger charge is 2.37. The number of benzene rings is 7.